The average Bonchev–Trinajstić information content (AvgIpc) is 2.94. The van der Waals surface area contributed by atoms with Crippen molar-refractivity contribution in [2.75, 3.05) is 0 Å². The van der Waals surface area contributed by atoms with E-state index in [1.165, 1.54) is 12.1 Å². The standard InChI is InChI=1S/C17H12BrF3N2O3/c18-12-5-1-10(2-6-12)14-9-16(26,17(19,20)21)23(22-14)15(25)11-3-7-13(24)8-4-11/h1-8,24,26H,9H2/t16-/m1/s1. The molecule has 9 heteroatoms. The summed E-state index contributed by atoms with van der Waals surface area (Å²) in [5.74, 6) is -1.27. The van der Waals surface area contributed by atoms with Crippen molar-refractivity contribution in [2.45, 2.75) is 18.3 Å². The summed E-state index contributed by atoms with van der Waals surface area (Å²) < 4.78 is 41.3. The number of carbonyl (C=O) groups is 1. The number of aliphatic hydroxyl groups is 1. The van der Waals surface area contributed by atoms with Crippen molar-refractivity contribution in [3.63, 3.8) is 0 Å². The number of benzene rings is 2. The second-order valence-electron chi connectivity index (χ2n) is 5.71. The highest BCUT2D eigenvalue weighted by molar-refractivity contribution is 9.10. The fourth-order valence-corrected chi connectivity index (χ4v) is 2.77. The van der Waals surface area contributed by atoms with E-state index in [2.05, 4.69) is 21.0 Å². The summed E-state index contributed by atoms with van der Waals surface area (Å²) in [5, 5.41) is 23.3. The maximum absolute atomic E-state index is 13.5. The minimum absolute atomic E-state index is 0.0523. The first-order valence-corrected chi connectivity index (χ1v) is 8.17. The molecule has 0 unspecified atom stereocenters. The third-order valence-corrected chi connectivity index (χ3v) is 4.45. The van der Waals surface area contributed by atoms with Gasteiger partial charge in [-0.05, 0) is 42.0 Å². The Balaban J connectivity index is 2.03. The van der Waals surface area contributed by atoms with E-state index in [4.69, 9.17) is 0 Å². The van der Waals surface area contributed by atoms with Crippen LogP contribution < -0.4 is 0 Å². The molecular formula is C17H12BrF3N2O3. The molecule has 3 rings (SSSR count). The van der Waals surface area contributed by atoms with Crippen LogP contribution in [0.3, 0.4) is 0 Å². The summed E-state index contributed by atoms with van der Waals surface area (Å²) in [6.45, 7) is 0. The Bertz CT molecular complexity index is 866. The first kappa shape index (κ1) is 18.4. The summed E-state index contributed by atoms with van der Waals surface area (Å²) in [6, 6.07) is 10.9. The van der Waals surface area contributed by atoms with Crippen LogP contribution in [0.25, 0.3) is 0 Å². The average molecular weight is 429 g/mol. The molecule has 2 N–H and O–H groups in total. The second-order valence-corrected chi connectivity index (χ2v) is 6.62. The third kappa shape index (κ3) is 3.19. The van der Waals surface area contributed by atoms with E-state index in [-0.39, 0.29) is 22.0 Å². The van der Waals surface area contributed by atoms with Gasteiger partial charge >= 0.3 is 6.18 Å². The molecule has 5 nitrogen and oxygen atoms in total. The molecule has 0 aromatic heterocycles. The zero-order valence-corrected chi connectivity index (χ0v) is 14.6. The van der Waals surface area contributed by atoms with E-state index in [0.717, 1.165) is 28.7 Å². The van der Waals surface area contributed by atoms with Gasteiger partial charge in [-0.3, -0.25) is 4.79 Å². The zero-order chi connectivity index (χ0) is 19.1. The van der Waals surface area contributed by atoms with Crippen molar-refractivity contribution in [3.8, 4) is 5.75 Å². The Kier molecular flexibility index (Phi) is 4.53. The number of alkyl halides is 3. The maximum Gasteiger partial charge on any atom is 0.438 e. The molecule has 1 aliphatic heterocycles. The number of carbonyl (C=O) groups excluding carboxylic acids is 1. The van der Waals surface area contributed by atoms with Crippen molar-refractivity contribution in [3.05, 3.63) is 64.1 Å². The van der Waals surface area contributed by atoms with E-state index >= 15 is 0 Å². The molecular weight excluding hydrogens is 417 g/mol. The summed E-state index contributed by atoms with van der Waals surface area (Å²) >= 11 is 3.23. The number of hydrogen-bond donors (Lipinski definition) is 2. The summed E-state index contributed by atoms with van der Waals surface area (Å²) in [7, 11) is 0. The molecule has 2 aromatic rings. The Hall–Kier alpha value is -2.39. The summed E-state index contributed by atoms with van der Waals surface area (Å²) in [5.41, 5.74) is -3.31. The number of hydrogen-bond acceptors (Lipinski definition) is 4. The van der Waals surface area contributed by atoms with Crippen LogP contribution >= 0.6 is 15.9 Å². The van der Waals surface area contributed by atoms with Crippen LogP contribution in [0.15, 0.2) is 58.1 Å². The van der Waals surface area contributed by atoms with Gasteiger partial charge in [0.05, 0.1) is 12.1 Å². The number of phenolic OH excluding ortho intramolecular Hbond substituents is 1. The number of aromatic hydroxyl groups is 1. The van der Waals surface area contributed by atoms with E-state index in [0.29, 0.717) is 5.56 Å². The molecule has 1 atom stereocenters. The van der Waals surface area contributed by atoms with Crippen molar-refractivity contribution in [1.29, 1.82) is 0 Å². The Labute approximate surface area is 154 Å². The predicted octanol–water partition coefficient (Wildman–Crippen LogP) is 3.66. The summed E-state index contributed by atoms with van der Waals surface area (Å²) in [6.07, 6.45) is -6.00. The molecule has 1 heterocycles. The predicted molar refractivity (Wildman–Crippen MR) is 90.6 cm³/mol. The zero-order valence-electron chi connectivity index (χ0n) is 13.0. The largest absolute Gasteiger partial charge is 0.508 e. The van der Waals surface area contributed by atoms with Crippen molar-refractivity contribution in [2.24, 2.45) is 5.10 Å². The molecule has 0 spiro atoms. The van der Waals surface area contributed by atoms with Gasteiger partial charge in [0.15, 0.2) is 0 Å². The van der Waals surface area contributed by atoms with Gasteiger partial charge in [0, 0.05) is 10.0 Å². The molecule has 1 aliphatic rings. The maximum atomic E-state index is 13.5. The summed E-state index contributed by atoms with van der Waals surface area (Å²) in [4.78, 5) is 12.5. The van der Waals surface area contributed by atoms with Crippen LogP contribution in [0.1, 0.15) is 22.3 Å². The van der Waals surface area contributed by atoms with Gasteiger partial charge in [0.1, 0.15) is 5.75 Å². The van der Waals surface area contributed by atoms with E-state index in [1.54, 1.807) is 12.1 Å². The Morgan fingerprint density at radius 2 is 1.69 bits per heavy atom. The Morgan fingerprint density at radius 3 is 2.23 bits per heavy atom. The van der Waals surface area contributed by atoms with Crippen molar-refractivity contribution in [1.82, 2.24) is 5.01 Å². The lowest BCUT2D eigenvalue weighted by molar-refractivity contribution is -0.297. The minimum Gasteiger partial charge on any atom is -0.508 e. The number of nitrogens with zero attached hydrogens (tertiary/aromatic N) is 2. The molecule has 0 fully saturated rings. The lowest BCUT2D eigenvalue weighted by Gasteiger charge is -2.32. The van der Waals surface area contributed by atoms with Gasteiger partial charge < -0.3 is 10.2 Å². The Morgan fingerprint density at radius 1 is 1.12 bits per heavy atom. The molecule has 0 bridgehead atoms. The number of phenols is 1. The van der Waals surface area contributed by atoms with Gasteiger partial charge in [-0.2, -0.15) is 23.3 Å². The molecule has 0 saturated heterocycles. The number of halogens is 4. The number of amides is 1. The SMILES string of the molecule is O=C(c1ccc(O)cc1)N1N=C(c2ccc(Br)cc2)C[C@@]1(O)C(F)(F)F. The van der Waals surface area contributed by atoms with E-state index in [1.807, 2.05) is 0 Å². The minimum atomic E-state index is -5.11. The highest BCUT2D eigenvalue weighted by Crippen LogP contribution is 2.42. The highest BCUT2D eigenvalue weighted by Gasteiger charge is 2.63. The topological polar surface area (TPSA) is 73.1 Å². The lowest BCUT2D eigenvalue weighted by Crippen LogP contribution is -2.56. The van der Waals surface area contributed by atoms with Gasteiger partial charge in [-0.1, -0.05) is 28.1 Å². The van der Waals surface area contributed by atoms with Gasteiger partial charge in [0.25, 0.3) is 11.6 Å². The molecule has 1 amide bonds. The van der Waals surface area contributed by atoms with Crippen LogP contribution in [-0.2, 0) is 0 Å². The molecule has 26 heavy (non-hydrogen) atoms. The first-order valence-electron chi connectivity index (χ1n) is 7.38. The van der Waals surface area contributed by atoms with Gasteiger partial charge in [0.2, 0.25) is 0 Å². The van der Waals surface area contributed by atoms with Crippen LogP contribution in [0.4, 0.5) is 13.2 Å². The van der Waals surface area contributed by atoms with Gasteiger partial charge in [-0.15, -0.1) is 0 Å². The van der Waals surface area contributed by atoms with Gasteiger partial charge in [-0.25, -0.2) is 0 Å². The normalized spacial score (nSPS) is 20.2. The van der Waals surface area contributed by atoms with Crippen molar-refractivity contribution < 1.29 is 28.2 Å². The monoisotopic (exact) mass is 428 g/mol. The fourth-order valence-electron chi connectivity index (χ4n) is 2.51. The third-order valence-electron chi connectivity index (χ3n) is 3.92. The molecule has 0 aliphatic carbocycles. The molecule has 0 radical (unpaired) electrons. The van der Waals surface area contributed by atoms with Crippen LogP contribution in [0.5, 0.6) is 5.75 Å². The fraction of sp³-hybridized carbons (Fsp3) is 0.176. The van der Waals surface area contributed by atoms with Crippen molar-refractivity contribution >= 4 is 27.5 Å². The number of rotatable bonds is 2. The molecule has 136 valence electrons. The second kappa shape index (κ2) is 6.40. The highest BCUT2D eigenvalue weighted by atomic mass is 79.9. The van der Waals surface area contributed by atoms with Crippen LogP contribution in [-0.4, -0.2) is 38.7 Å². The lowest BCUT2D eigenvalue weighted by atomic mass is 10.0. The smallest absolute Gasteiger partial charge is 0.438 e. The van der Waals surface area contributed by atoms with Crippen LogP contribution in [0.2, 0.25) is 0 Å². The van der Waals surface area contributed by atoms with E-state index < -0.39 is 24.2 Å². The molecule has 2 aromatic carbocycles. The number of hydrazone groups is 1. The quantitative estimate of drug-likeness (QED) is 0.766. The van der Waals surface area contributed by atoms with E-state index in [9.17, 15) is 28.2 Å². The first-order chi connectivity index (χ1) is 12.1. The van der Waals surface area contributed by atoms with Crippen LogP contribution in [0, 0.1) is 0 Å². The molecule has 0 saturated carbocycles.